The van der Waals surface area contributed by atoms with Gasteiger partial charge < -0.3 is 0 Å². The van der Waals surface area contributed by atoms with Crippen molar-refractivity contribution in [1.29, 1.82) is 0 Å². The van der Waals surface area contributed by atoms with Crippen LogP contribution in [0.3, 0.4) is 0 Å². The zero-order valence-electron chi connectivity index (χ0n) is 9.72. The summed E-state index contributed by atoms with van der Waals surface area (Å²) in [4.78, 5) is 4.81. The third-order valence-electron chi connectivity index (χ3n) is 3.57. The van der Waals surface area contributed by atoms with Gasteiger partial charge in [-0.2, -0.15) is 0 Å². The second kappa shape index (κ2) is 5.14. The Labute approximate surface area is 130 Å². The van der Waals surface area contributed by atoms with Crippen molar-refractivity contribution in [2.75, 3.05) is 0 Å². The van der Waals surface area contributed by atoms with E-state index in [1.54, 1.807) is 0 Å². The van der Waals surface area contributed by atoms with E-state index < -0.39 is 0 Å². The van der Waals surface area contributed by atoms with Gasteiger partial charge in [0.1, 0.15) is 0 Å². The van der Waals surface area contributed by atoms with Crippen molar-refractivity contribution in [2.24, 2.45) is 0 Å². The van der Waals surface area contributed by atoms with Gasteiger partial charge in [-0.3, -0.25) is 4.98 Å². The average Bonchev–Trinajstić information content (AvgIpc) is 2.83. The molecular weight excluding hydrogens is 380 g/mol. The second-order valence-electron chi connectivity index (χ2n) is 4.79. The van der Waals surface area contributed by atoms with Gasteiger partial charge in [0.2, 0.25) is 0 Å². The Morgan fingerprint density at radius 3 is 2.56 bits per heavy atom. The first-order valence-corrected chi connectivity index (χ1v) is 7.94. The van der Waals surface area contributed by atoms with E-state index in [0.29, 0.717) is 10.9 Å². The Morgan fingerprint density at radius 2 is 1.83 bits per heavy atom. The molecule has 0 radical (unpaired) electrons. The molecule has 0 unspecified atom stereocenters. The first kappa shape index (κ1) is 12.9. The van der Waals surface area contributed by atoms with Crippen molar-refractivity contribution in [2.45, 2.75) is 31.6 Å². The minimum atomic E-state index is 0.582. The molecule has 0 spiro atoms. The topological polar surface area (TPSA) is 12.9 Å². The minimum absolute atomic E-state index is 0.582. The molecule has 1 saturated carbocycles. The molecule has 0 N–H and O–H groups in total. The maximum Gasteiger partial charge on any atom is 0.0854 e. The molecule has 1 nitrogen and oxygen atoms in total. The van der Waals surface area contributed by atoms with Crippen LogP contribution in [0.25, 0.3) is 10.9 Å². The predicted molar refractivity (Wildman–Crippen MR) is 85.7 cm³/mol. The number of hydrogen-bond donors (Lipinski definition) is 0. The molecule has 94 valence electrons. The number of hydrogen-bond acceptors (Lipinski definition) is 1. The van der Waals surface area contributed by atoms with E-state index in [0.717, 1.165) is 25.2 Å². The number of pyridine rings is 1. The zero-order chi connectivity index (χ0) is 12.7. The van der Waals surface area contributed by atoms with E-state index in [1.165, 1.54) is 25.7 Å². The van der Waals surface area contributed by atoms with Crippen LogP contribution < -0.4 is 0 Å². The van der Waals surface area contributed by atoms with Gasteiger partial charge in [0.15, 0.2) is 0 Å². The van der Waals surface area contributed by atoms with Crippen LogP contribution in [0.5, 0.6) is 0 Å². The molecule has 1 heterocycles. The lowest BCUT2D eigenvalue weighted by Crippen LogP contribution is -1.98. The maximum absolute atomic E-state index is 6.38. The van der Waals surface area contributed by atoms with Gasteiger partial charge in [0.05, 0.1) is 10.5 Å². The lowest BCUT2D eigenvalue weighted by molar-refractivity contribution is 0.701. The third-order valence-corrected chi connectivity index (χ3v) is 4.93. The van der Waals surface area contributed by atoms with E-state index in [-0.39, 0.29) is 0 Å². The van der Waals surface area contributed by atoms with Crippen LogP contribution in [0, 0.1) is 3.57 Å². The summed E-state index contributed by atoms with van der Waals surface area (Å²) in [6.07, 6.45) is 5.08. The number of halogens is 3. The predicted octanol–water partition coefficient (Wildman–Crippen LogP) is 5.80. The summed E-state index contributed by atoms with van der Waals surface area (Å²) in [5, 5.41) is 2.43. The number of rotatable bonds is 1. The average molecular weight is 392 g/mol. The molecule has 1 aromatic carbocycles. The van der Waals surface area contributed by atoms with E-state index in [2.05, 4.69) is 22.6 Å². The summed E-state index contributed by atoms with van der Waals surface area (Å²) in [5.74, 6) is 0.582. The van der Waals surface area contributed by atoms with Crippen LogP contribution in [-0.4, -0.2) is 4.98 Å². The van der Waals surface area contributed by atoms with Crippen LogP contribution in [-0.2, 0) is 0 Å². The van der Waals surface area contributed by atoms with Gasteiger partial charge in [0.25, 0.3) is 0 Å². The Kier molecular flexibility index (Phi) is 3.70. The number of benzene rings is 1. The van der Waals surface area contributed by atoms with E-state index >= 15 is 0 Å². The van der Waals surface area contributed by atoms with Crippen LogP contribution >= 0.6 is 45.8 Å². The molecule has 0 atom stereocenters. The monoisotopic (exact) mass is 391 g/mol. The fourth-order valence-electron chi connectivity index (χ4n) is 2.66. The molecule has 1 fully saturated rings. The Morgan fingerprint density at radius 1 is 1.11 bits per heavy atom. The highest BCUT2D eigenvalue weighted by Crippen LogP contribution is 2.37. The molecule has 0 aliphatic heterocycles. The van der Waals surface area contributed by atoms with Crippen molar-refractivity contribution in [3.63, 3.8) is 0 Å². The molecule has 1 aliphatic rings. The molecule has 0 bridgehead atoms. The molecule has 3 rings (SSSR count). The van der Waals surface area contributed by atoms with Gasteiger partial charge in [0, 0.05) is 25.6 Å². The Balaban J connectivity index is 2.20. The van der Waals surface area contributed by atoms with Crippen LogP contribution in [0.1, 0.15) is 37.3 Å². The highest BCUT2D eigenvalue weighted by atomic mass is 127. The molecular formula is C14H12Cl2IN. The zero-order valence-corrected chi connectivity index (χ0v) is 13.4. The fourth-order valence-corrected chi connectivity index (χ4v) is 4.07. The van der Waals surface area contributed by atoms with E-state index in [1.807, 2.05) is 18.2 Å². The Hall–Kier alpha value is -0.0600. The largest absolute Gasteiger partial charge is 0.251 e. The summed E-state index contributed by atoms with van der Waals surface area (Å²) >= 11 is 14.7. The highest BCUT2D eigenvalue weighted by molar-refractivity contribution is 14.1. The lowest BCUT2D eigenvalue weighted by Gasteiger charge is -2.12. The summed E-state index contributed by atoms with van der Waals surface area (Å²) in [6.45, 7) is 0. The van der Waals surface area contributed by atoms with Crippen LogP contribution in [0.4, 0.5) is 0 Å². The first-order chi connectivity index (χ1) is 8.65. The van der Waals surface area contributed by atoms with Crippen LogP contribution in [0.15, 0.2) is 18.2 Å². The number of fused-ring (bicyclic) bond motifs is 1. The van der Waals surface area contributed by atoms with Gasteiger partial charge in [-0.1, -0.05) is 36.0 Å². The summed E-state index contributed by atoms with van der Waals surface area (Å²) in [6, 6.07) is 5.85. The molecule has 18 heavy (non-hydrogen) atoms. The molecule has 0 amide bonds. The van der Waals surface area contributed by atoms with Crippen LogP contribution in [0.2, 0.25) is 10.0 Å². The number of aromatic nitrogens is 1. The van der Waals surface area contributed by atoms with E-state index in [9.17, 15) is 0 Å². The van der Waals surface area contributed by atoms with Gasteiger partial charge in [-0.25, -0.2) is 0 Å². The first-order valence-electron chi connectivity index (χ1n) is 6.10. The van der Waals surface area contributed by atoms with E-state index in [4.69, 9.17) is 28.2 Å². The standard InChI is InChI=1S/C14H12Cl2IN/c15-9-5-10-11(16)7-13(8-3-1-2-4-8)18-14(10)12(17)6-9/h5-8H,1-4H2. The maximum atomic E-state index is 6.38. The van der Waals surface area contributed by atoms with Gasteiger partial charge >= 0.3 is 0 Å². The molecule has 4 heteroatoms. The molecule has 1 aromatic heterocycles. The van der Waals surface area contributed by atoms with Crippen molar-refractivity contribution >= 4 is 56.7 Å². The molecule has 0 saturated heterocycles. The van der Waals surface area contributed by atoms with Crippen molar-refractivity contribution in [3.05, 3.63) is 37.5 Å². The highest BCUT2D eigenvalue weighted by Gasteiger charge is 2.20. The number of nitrogens with zero attached hydrogens (tertiary/aromatic N) is 1. The van der Waals surface area contributed by atoms with Crippen molar-refractivity contribution in [3.8, 4) is 0 Å². The van der Waals surface area contributed by atoms with Crippen molar-refractivity contribution < 1.29 is 0 Å². The van der Waals surface area contributed by atoms with Gasteiger partial charge in [-0.05, 0) is 53.6 Å². The normalized spacial score (nSPS) is 16.6. The summed E-state index contributed by atoms with van der Waals surface area (Å²) in [7, 11) is 0. The smallest absolute Gasteiger partial charge is 0.0854 e. The fraction of sp³-hybridized carbons (Fsp3) is 0.357. The Bertz CT molecular complexity index is 606. The lowest BCUT2D eigenvalue weighted by atomic mass is 10.0. The molecule has 2 aromatic rings. The third kappa shape index (κ3) is 2.35. The summed E-state index contributed by atoms with van der Waals surface area (Å²) in [5.41, 5.74) is 2.12. The van der Waals surface area contributed by atoms with Gasteiger partial charge in [-0.15, -0.1) is 0 Å². The summed E-state index contributed by atoms with van der Waals surface area (Å²) < 4.78 is 1.07. The van der Waals surface area contributed by atoms with Crippen molar-refractivity contribution in [1.82, 2.24) is 4.98 Å². The minimum Gasteiger partial charge on any atom is -0.251 e. The second-order valence-corrected chi connectivity index (χ2v) is 6.80. The molecule has 1 aliphatic carbocycles. The SMILES string of the molecule is Clc1cc(I)c2nc(C3CCCC3)cc(Cl)c2c1. The quantitative estimate of drug-likeness (QED) is 0.559.